The molecular weight excluding hydrogens is 395 g/mol. The van der Waals surface area contributed by atoms with Gasteiger partial charge in [0.2, 0.25) is 5.91 Å². The number of carbonyl (C=O) groups is 1. The predicted octanol–water partition coefficient (Wildman–Crippen LogP) is 2.01. The van der Waals surface area contributed by atoms with Gasteiger partial charge in [0.1, 0.15) is 5.82 Å². The van der Waals surface area contributed by atoms with Gasteiger partial charge < -0.3 is 5.32 Å². The summed E-state index contributed by atoms with van der Waals surface area (Å²) in [6.45, 7) is 7.65. The van der Waals surface area contributed by atoms with Gasteiger partial charge in [0.15, 0.2) is 0 Å². The third-order valence-corrected chi connectivity index (χ3v) is 7.17. The van der Waals surface area contributed by atoms with Gasteiger partial charge in [0.05, 0.1) is 11.7 Å². The molecule has 0 bridgehead atoms. The number of rotatable bonds is 7. The van der Waals surface area contributed by atoms with Crippen molar-refractivity contribution in [3.63, 3.8) is 0 Å². The summed E-state index contributed by atoms with van der Waals surface area (Å²) in [5.41, 5.74) is 0.0685. The molecule has 152 valence electrons. The van der Waals surface area contributed by atoms with Crippen LogP contribution < -0.4 is 5.32 Å². The van der Waals surface area contributed by atoms with Gasteiger partial charge in [-0.1, -0.05) is 25.4 Å². The van der Waals surface area contributed by atoms with Crippen LogP contribution in [0.2, 0.25) is 5.02 Å². The number of piperazine rings is 1. The molecule has 1 saturated heterocycles. The van der Waals surface area contributed by atoms with Crippen molar-refractivity contribution in [2.45, 2.75) is 26.8 Å². The highest BCUT2D eigenvalue weighted by molar-refractivity contribution is 7.86. The molecule has 1 aromatic rings. The Bertz CT molecular complexity index is 765. The highest BCUT2D eigenvalue weighted by Gasteiger charge is 2.33. The SMILES string of the molecule is CCN(CC)S(=O)(=O)N1CCN(C(C)C(=O)Nc2ccc(Cl)cc2F)CC1. The Kier molecular flexibility index (Phi) is 7.58. The topological polar surface area (TPSA) is 73.0 Å². The van der Waals surface area contributed by atoms with E-state index in [0.29, 0.717) is 39.3 Å². The van der Waals surface area contributed by atoms with Crippen LogP contribution in [0.5, 0.6) is 0 Å². The van der Waals surface area contributed by atoms with E-state index < -0.39 is 22.1 Å². The standard InChI is InChI=1S/C17H26ClFN4O3S/c1-4-22(5-2)27(25,26)23-10-8-21(9-11-23)13(3)17(24)20-16-7-6-14(18)12-15(16)19/h6-7,12-13H,4-5,8-11H2,1-3H3,(H,20,24). The second-order valence-corrected chi connectivity index (χ2v) is 8.68. The average molecular weight is 421 g/mol. The van der Waals surface area contributed by atoms with E-state index in [9.17, 15) is 17.6 Å². The Morgan fingerprint density at radius 1 is 1.26 bits per heavy atom. The van der Waals surface area contributed by atoms with Crippen molar-refractivity contribution in [2.24, 2.45) is 0 Å². The van der Waals surface area contributed by atoms with Gasteiger partial charge in [-0.05, 0) is 25.1 Å². The highest BCUT2D eigenvalue weighted by atomic mass is 35.5. The van der Waals surface area contributed by atoms with Crippen molar-refractivity contribution in [3.05, 3.63) is 29.0 Å². The lowest BCUT2D eigenvalue weighted by Crippen LogP contribution is -2.56. The Balaban J connectivity index is 1.96. The molecule has 1 amide bonds. The first-order valence-electron chi connectivity index (χ1n) is 8.95. The lowest BCUT2D eigenvalue weighted by Gasteiger charge is -2.38. The summed E-state index contributed by atoms with van der Waals surface area (Å²) in [6.07, 6.45) is 0. The van der Waals surface area contributed by atoms with E-state index in [1.54, 1.807) is 20.8 Å². The lowest BCUT2D eigenvalue weighted by molar-refractivity contribution is -0.121. The fraction of sp³-hybridized carbons (Fsp3) is 0.588. The molecule has 27 heavy (non-hydrogen) atoms. The minimum Gasteiger partial charge on any atom is -0.322 e. The normalized spacial score (nSPS) is 17.9. The van der Waals surface area contributed by atoms with Crippen LogP contribution in [0.15, 0.2) is 18.2 Å². The van der Waals surface area contributed by atoms with Gasteiger partial charge in [-0.3, -0.25) is 9.69 Å². The molecular formula is C17H26ClFN4O3S. The molecule has 10 heteroatoms. The van der Waals surface area contributed by atoms with Gasteiger partial charge in [-0.25, -0.2) is 4.39 Å². The summed E-state index contributed by atoms with van der Waals surface area (Å²) in [5, 5.41) is 2.81. The molecule has 1 atom stereocenters. The first-order chi connectivity index (χ1) is 12.7. The molecule has 1 heterocycles. The van der Waals surface area contributed by atoms with E-state index in [1.807, 2.05) is 4.90 Å². The summed E-state index contributed by atoms with van der Waals surface area (Å²) in [4.78, 5) is 14.3. The van der Waals surface area contributed by atoms with E-state index in [1.165, 1.54) is 20.7 Å². The molecule has 0 radical (unpaired) electrons. The van der Waals surface area contributed by atoms with E-state index in [-0.39, 0.29) is 16.6 Å². The van der Waals surface area contributed by atoms with Gasteiger partial charge in [0.25, 0.3) is 10.2 Å². The zero-order valence-corrected chi connectivity index (χ0v) is 17.4. The number of benzene rings is 1. The van der Waals surface area contributed by atoms with Crippen molar-refractivity contribution < 1.29 is 17.6 Å². The minimum atomic E-state index is -3.47. The zero-order chi connectivity index (χ0) is 20.2. The molecule has 0 saturated carbocycles. The Morgan fingerprint density at radius 3 is 2.37 bits per heavy atom. The largest absolute Gasteiger partial charge is 0.322 e. The van der Waals surface area contributed by atoms with Crippen LogP contribution in [0.1, 0.15) is 20.8 Å². The van der Waals surface area contributed by atoms with Crippen molar-refractivity contribution in [3.8, 4) is 0 Å². The number of hydrogen-bond donors (Lipinski definition) is 1. The molecule has 2 rings (SSSR count). The molecule has 1 N–H and O–H groups in total. The molecule has 1 aromatic carbocycles. The second-order valence-electron chi connectivity index (χ2n) is 6.32. The van der Waals surface area contributed by atoms with Crippen molar-refractivity contribution >= 4 is 33.4 Å². The smallest absolute Gasteiger partial charge is 0.282 e. The highest BCUT2D eigenvalue weighted by Crippen LogP contribution is 2.20. The summed E-state index contributed by atoms with van der Waals surface area (Å²) >= 11 is 5.71. The van der Waals surface area contributed by atoms with Gasteiger partial charge >= 0.3 is 0 Å². The summed E-state index contributed by atoms with van der Waals surface area (Å²) in [7, 11) is -3.47. The van der Waals surface area contributed by atoms with Crippen molar-refractivity contribution in [2.75, 3.05) is 44.6 Å². The minimum absolute atomic E-state index is 0.0685. The number of carbonyl (C=O) groups excluding carboxylic acids is 1. The lowest BCUT2D eigenvalue weighted by atomic mass is 10.2. The van der Waals surface area contributed by atoms with Gasteiger partial charge in [-0.2, -0.15) is 17.0 Å². The number of nitrogens with zero attached hydrogens (tertiary/aromatic N) is 3. The molecule has 0 spiro atoms. The van der Waals surface area contributed by atoms with Crippen molar-refractivity contribution in [1.29, 1.82) is 0 Å². The van der Waals surface area contributed by atoms with Crippen LogP contribution >= 0.6 is 11.6 Å². The molecule has 0 aliphatic carbocycles. The third kappa shape index (κ3) is 5.17. The van der Waals surface area contributed by atoms with E-state index in [2.05, 4.69) is 5.32 Å². The first kappa shape index (κ1) is 22.0. The van der Waals surface area contributed by atoms with E-state index >= 15 is 0 Å². The Hall–Kier alpha value is -1.26. The van der Waals surface area contributed by atoms with Crippen LogP contribution in [0.3, 0.4) is 0 Å². The van der Waals surface area contributed by atoms with Crippen molar-refractivity contribution in [1.82, 2.24) is 13.5 Å². The van der Waals surface area contributed by atoms with Crippen LogP contribution in [0.4, 0.5) is 10.1 Å². The summed E-state index contributed by atoms with van der Waals surface area (Å²) < 4.78 is 41.8. The summed E-state index contributed by atoms with van der Waals surface area (Å²) in [5.74, 6) is -0.950. The quantitative estimate of drug-likeness (QED) is 0.732. The average Bonchev–Trinajstić information content (AvgIpc) is 2.64. The third-order valence-electron chi connectivity index (χ3n) is 4.75. The molecule has 1 aliphatic rings. The predicted molar refractivity (Wildman–Crippen MR) is 104 cm³/mol. The van der Waals surface area contributed by atoms with Crippen LogP contribution in [0, 0.1) is 5.82 Å². The monoisotopic (exact) mass is 420 g/mol. The zero-order valence-electron chi connectivity index (χ0n) is 15.8. The Labute approximate surface area is 165 Å². The number of amides is 1. The van der Waals surface area contributed by atoms with Crippen LogP contribution in [-0.4, -0.2) is 73.1 Å². The molecule has 7 nitrogen and oxygen atoms in total. The fourth-order valence-electron chi connectivity index (χ4n) is 3.03. The van der Waals surface area contributed by atoms with Crippen LogP contribution in [-0.2, 0) is 15.0 Å². The number of nitrogens with one attached hydrogen (secondary N) is 1. The van der Waals surface area contributed by atoms with Gasteiger partial charge in [0, 0.05) is 44.3 Å². The second kappa shape index (κ2) is 9.29. The Morgan fingerprint density at radius 2 is 1.85 bits per heavy atom. The van der Waals surface area contributed by atoms with E-state index in [4.69, 9.17) is 11.6 Å². The number of hydrogen-bond acceptors (Lipinski definition) is 4. The number of halogens is 2. The summed E-state index contributed by atoms with van der Waals surface area (Å²) in [6, 6.07) is 3.54. The molecule has 1 aliphatic heterocycles. The maximum Gasteiger partial charge on any atom is 0.282 e. The van der Waals surface area contributed by atoms with Crippen LogP contribution in [0.25, 0.3) is 0 Å². The maximum atomic E-state index is 13.9. The maximum absolute atomic E-state index is 13.9. The van der Waals surface area contributed by atoms with Gasteiger partial charge in [-0.15, -0.1) is 0 Å². The number of anilines is 1. The molecule has 1 unspecified atom stereocenters. The molecule has 1 fully saturated rings. The van der Waals surface area contributed by atoms with E-state index in [0.717, 1.165) is 6.07 Å². The first-order valence-corrected chi connectivity index (χ1v) is 10.7. The fourth-order valence-corrected chi connectivity index (χ4v) is 4.79. The molecule has 0 aromatic heterocycles.